The second-order valence-electron chi connectivity index (χ2n) is 1.88. The molecule has 4 nitrogen and oxygen atoms in total. The van der Waals surface area contributed by atoms with E-state index in [1.54, 1.807) is 0 Å². The lowest BCUT2D eigenvalue weighted by atomic mass is 10.1. The van der Waals surface area contributed by atoms with Crippen LogP contribution in [0.25, 0.3) is 0 Å². The van der Waals surface area contributed by atoms with Crippen molar-refractivity contribution in [2.45, 2.75) is 6.42 Å². The van der Waals surface area contributed by atoms with Crippen LogP contribution >= 0.6 is 0 Å². The summed E-state index contributed by atoms with van der Waals surface area (Å²) in [7, 11) is 0. The maximum atomic E-state index is 10.4. The SMILES string of the molecule is C=CCC(C(N)=O)C(N)=O. The molecule has 0 atom stereocenters. The first-order chi connectivity index (χ1) is 4.59. The van der Waals surface area contributed by atoms with E-state index in [1.165, 1.54) is 6.08 Å². The molecule has 0 aliphatic carbocycles. The molecule has 0 rings (SSSR count). The van der Waals surface area contributed by atoms with Crippen molar-refractivity contribution < 1.29 is 9.59 Å². The van der Waals surface area contributed by atoms with Crippen LogP contribution < -0.4 is 11.5 Å². The molecule has 0 aromatic heterocycles. The largest absolute Gasteiger partial charge is 0.369 e. The Hall–Kier alpha value is -1.32. The maximum Gasteiger partial charge on any atom is 0.230 e. The highest BCUT2D eigenvalue weighted by atomic mass is 16.2. The minimum absolute atomic E-state index is 0.213. The quantitative estimate of drug-likeness (QED) is 0.395. The van der Waals surface area contributed by atoms with Crippen LogP contribution in [0, 0.1) is 5.92 Å². The first-order valence-corrected chi connectivity index (χ1v) is 2.79. The summed E-state index contributed by atoms with van der Waals surface area (Å²) in [6.07, 6.45) is 1.64. The average molecular weight is 142 g/mol. The van der Waals surface area contributed by atoms with Gasteiger partial charge in [-0.25, -0.2) is 0 Å². The maximum absolute atomic E-state index is 10.4. The second kappa shape index (κ2) is 3.66. The Morgan fingerprint density at radius 3 is 1.90 bits per heavy atom. The molecule has 0 spiro atoms. The van der Waals surface area contributed by atoms with Crippen molar-refractivity contribution in [2.24, 2.45) is 17.4 Å². The Kier molecular flexibility index (Phi) is 3.17. The van der Waals surface area contributed by atoms with Crippen LogP contribution in [-0.2, 0) is 9.59 Å². The monoisotopic (exact) mass is 142 g/mol. The summed E-state index contributed by atoms with van der Waals surface area (Å²) >= 11 is 0. The van der Waals surface area contributed by atoms with Crippen LogP contribution in [0.3, 0.4) is 0 Å². The van der Waals surface area contributed by atoms with Gasteiger partial charge < -0.3 is 11.5 Å². The zero-order valence-electron chi connectivity index (χ0n) is 5.54. The molecule has 0 bridgehead atoms. The number of nitrogens with two attached hydrogens (primary N) is 2. The Balaban J connectivity index is 4.11. The van der Waals surface area contributed by atoms with Gasteiger partial charge in [0.15, 0.2) is 0 Å². The molecule has 0 saturated heterocycles. The molecule has 0 radical (unpaired) electrons. The van der Waals surface area contributed by atoms with Gasteiger partial charge in [0.2, 0.25) is 11.8 Å². The van der Waals surface area contributed by atoms with Gasteiger partial charge in [-0.1, -0.05) is 6.08 Å². The van der Waals surface area contributed by atoms with Crippen molar-refractivity contribution in [2.75, 3.05) is 0 Å². The number of carbonyl (C=O) groups is 2. The number of carbonyl (C=O) groups excluding carboxylic acids is 2. The standard InChI is InChI=1S/C6H10N2O2/c1-2-3-4(5(7)9)6(8)10/h2,4H,1,3H2,(H2,7,9)(H2,8,10). The van der Waals surface area contributed by atoms with Gasteiger partial charge in [-0.2, -0.15) is 0 Å². The first-order valence-electron chi connectivity index (χ1n) is 2.79. The van der Waals surface area contributed by atoms with Gasteiger partial charge in [0.1, 0.15) is 5.92 Å². The molecule has 0 aliphatic rings. The molecule has 4 heteroatoms. The lowest BCUT2D eigenvalue weighted by Gasteiger charge is -2.03. The number of hydrogen-bond acceptors (Lipinski definition) is 2. The molecule has 0 saturated carbocycles. The number of rotatable bonds is 4. The van der Waals surface area contributed by atoms with E-state index in [2.05, 4.69) is 6.58 Å². The smallest absolute Gasteiger partial charge is 0.230 e. The molecule has 0 heterocycles. The van der Waals surface area contributed by atoms with Gasteiger partial charge in [0, 0.05) is 0 Å². The predicted molar refractivity (Wildman–Crippen MR) is 36.7 cm³/mol. The van der Waals surface area contributed by atoms with Gasteiger partial charge in [-0.15, -0.1) is 6.58 Å². The molecule has 0 aliphatic heterocycles. The lowest BCUT2D eigenvalue weighted by molar-refractivity contribution is -0.131. The minimum atomic E-state index is -0.905. The van der Waals surface area contributed by atoms with E-state index in [-0.39, 0.29) is 6.42 Å². The Morgan fingerprint density at radius 1 is 1.40 bits per heavy atom. The summed E-state index contributed by atoms with van der Waals surface area (Å²) in [5.41, 5.74) is 9.67. The van der Waals surface area contributed by atoms with Crippen LogP contribution in [0.5, 0.6) is 0 Å². The van der Waals surface area contributed by atoms with Crippen molar-refractivity contribution >= 4 is 11.8 Å². The second-order valence-corrected chi connectivity index (χ2v) is 1.88. The number of hydrogen-bond donors (Lipinski definition) is 2. The molecular weight excluding hydrogens is 132 g/mol. The fourth-order valence-electron chi connectivity index (χ4n) is 0.539. The van der Waals surface area contributed by atoms with Crippen molar-refractivity contribution in [3.05, 3.63) is 12.7 Å². The number of amides is 2. The fraction of sp³-hybridized carbons (Fsp3) is 0.333. The molecule has 2 amide bonds. The third kappa shape index (κ3) is 2.30. The van der Waals surface area contributed by atoms with E-state index in [1.807, 2.05) is 0 Å². The van der Waals surface area contributed by atoms with Crippen LogP contribution in [0.4, 0.5) is 0 Å². The van der Waals surface area contributed by atoms with Gasteiger partial charge in [0.25, 0.3) is 0 Å². The summed E-state index contributed by atoms with van der Waals surface area (Å²) in [5, 5.41) is 0. The Bertz CT molecular complexity index is 151. The third-order valence-corrected chi connectivity index (χ3v) is 1.09. The number of allylic oxidation sites excluding steroid dienone is 1. The van der Waals surface area contributed by atoms with Gasteiger partial charge in [-0.3, -0.25) is 9.59 Å². The molecule has 0 aromatic carbocycles. The van der Waals surface area contributed by atoms with Crippen LogP contribution in [0.1, 0.15) is 6.42 Å². The highest BCUT2D eigenvalue weighted by Crippen LogP contribution is 2.00. The van der Waals surface area contributed by atoms with Gasteiger partial charge in [-0.05, 0) is 6.42 Å². The van der Waals surface area contributed by atoms with E-state index >= 15 is 0 Å². The van der Waals surface area contributed by atoms with Gasteiger partial charge >= 0.3 is 0 Å². The van der Waals surface area contributed by atoms with Gasteiger partial charge in [0.05, 0.1) is 0 Å². The van der Waals surface area contributed by atoms with Crippen molar-refractivity contribution in [3.63, 3.8) is 0 Å². The molecule has 10 heavy (non-hydrogen) atoms. The summed E-state index contributed by atoms with van der Waals surface area (Å²) in [6, 6.07) is 0. The summed E-state index contributed by atoms with van der Waals surface area (Å²) < 4.78 is 0. The van der Waals surface area contributed by atoms with E-state index in [0.717, 1.165) is 0 Å². The van der Waals surface area contributed by atoms with Crippen LogP contribution in [-0.4, -0.2) is 11.8 Å². The topological polar surface area (TPSA) is 86.2 Å². The molecule has 0 fully saturated rings. The van der Waals surface area contributed by atoms with Crippen molar-refractivity contribution in [1.29, 1.82) is 0 Å². The highest BCUT2D eigenvalue weighted by molar-refractivity contribution is 5.98. The average Bonchev–Trinajstić information content (AvgIpc) is 1.81. The van der Waals surface area contributed by atoms with Crippen molar-refractivity contribution in [3.8, 4) is 0 Å². The molecule has 0 unspecified atom stereocenters. The minimum Gasteiger partial charge on any atom is -0.369 e. The zero-order valence-corrected chi connectivity index (χ0v) is 5.54. The Morgan fingerprint density at radius 2 is 1.80 bits per heavy atom. The normalized spacial score (nSPS) is 9.30. The van der Waals surface area contributed by atoms with Crippen LogP contribution in [0.15, 0.2) is 12.7 Å². The highest BCUT2D eigenvalue weighted by Gasteiger charge is 2.18. The van der Waals surface area contributed by atoms with Crippen molar-refractivity contribution in [1.82, 2.24) is 0 Å². The van der Waals surface area contributed by atoms with E-state index < -0.39 is 17.7 Å². The van der Waals surface area contributed by atoms with E-state index in [4.69, 9.17) is 11.5 Å². The summed E-state index contributed by atoms with van der Waals surface area (Å²) in [5.74, 6) is -2.31. The third-order valence-electron chi connectivity index (χ3n) is 1.09. The molecule has 56 valence electrons. The van der Waals surface area contributed by atoms with Crippen LogP contribution in [0.2, 0.25) is 0 Å². The fourth-order valence-corrected chi connectivity index (χ4v) is 0.539. The Labute approximate surface area is 58.9 Å². The number of primary amides is 2. The predicted octanol–water partition coefficient (Wildman–Crippen LogP) is -0.851. The molecule has 4 N–H and O–H groups in total. The first kappa shape index (κ1) is 8.68. The molecular formula is C6H10N2O2. The van der Waals surface area contributed by atoms with E-state index in [9.17, 15) is 9.59 Å². The lowest BCUT2D eigenvalue weighted by Crippen LogP contribution is -2.34. The van der Waals surface area contributed by atoms with E-state index in [0.29, 0.717) is 0 Å². The summed E-state index contributed by atoms with van der Waals surface area (Å²) in [4.78, 5) is 20.8. The zero-order chi connectivity index (χ0) is 8.15. The molecule has 0 aromatic rings. The summed E-state index contributed by atoms with van der Waals surface area (Å²) in [6.45, 7) is 3.35.